The van der Waals surface area contributed by atoms with Gasteiger partial charge >= 0.3 is 0 Å². The van der Waals surface area contributed by atoms with Crippen LogP contribution >= 0.6 is 0 Å². The van der Waals surface area contributed by atoms with E-state index >= 15 is 0 Å². The van der Waals surface area contributed by atoms with E-state index in [1.807, 2.05) is 4.68 Å². The fraction of sp³-hybridized carbons (Fsp3) is 0.769. The van der Waals surface area contributed by atoms with Crippen molar-refractivity contribution >= 4 is 5.96 Å². The van der Waals surface area contributed by atoms with Crippen molar-refractivity contribution in [3.8, 4) is 0 Å². The number of hydrogen-bond acceptors (Lipinski definition) is 4. The molecule has 3 N–H and O–H groups in total. The minimum Gasteiger partial charge on any atom is -0.376 e. The molecular formula is C13H24N6O. The van der Waals surface area contributed by atoms with Crippen molar-refractivity contribution in [3.63, 3.8) is 0 Å². The van der Waals surface area contributed by atoms with Gasteiger partial charge in [0.1, 0.15) is 18.7 Å². The van der Waals surface area contributed by atoms with Gasteiger partial charge in [-0.15, -0.1) is 0 Å². The van der Waals surface area contributed by atoms with Crippen LogP contribution in [-0.4, -0.2) is 40.0 Å². The molecule has 0 bridgehead atoms. The number of aliphatic imine (C=N–C) groups is 1. The third-order valence-electron chi connectivity index (χ3n) is 3.18. The molecule has 1 aliphatic heterocycles. The molecule has 112 valence electrons. The summed E-state index contributed by atoms with van der Waals surface area (Å²) in [6.07, 6.45) is 4.00. The summed E-state index contributed by atoms with van der Waals surface area (Å²) in [7, 11) is 0. The van der Waals surface area contributed by atoms with Crippen molar-refractivity contribution in [3.05, 3.63) is 12.2 Å². The van der Waals surface area contributed by atoms with Gasteiger partial charge in [0.05, 0.1) is 11.6 Å². The summed E-state index contributed by atoms with van der Waals surface area (Å²) in [4.78, 5) is 8.54. The van der Waals surface area contributed by atoms with Crippen LogP contribution in [0.15, 0.2) is 11.3 Å². The Kier molecular flexibility index (Phi) is 4.59. The molecule has 0 amide bonds. The summed E-state index contributed by atoms with van der Waals surface area (Å²) in [5, 5.41) is 7.32. The highest BCUT2D eigenvalue weighted by atomic mass is 16.5. The third kappa shape index (κ3) is 3.93. The van der Waals surface area contributed by atoms with E-state index in [0.717, 1.165) is 25.3 Å². The number of nitrogens with one attached hydrogen (secondary N) is 1. The van der Waals surface area contributed by atoms with Gasteiger partial charge in [-0.3, -0.25) is 0 Å². The lowest BCUT2D eigenvalue weighted by molar-refractivity contribution is 0.114. The summed E-state index contributed by atoms with van der Waals surface area (Å²) in [6.45, 7) is 8.21. The van der Waals surface area contributed by atoms with E-state index in [4.69, 9.17) is 10.5 Å². The van der Waals surface area contributed by atoms with Gasteiger partial charge in [0.25, 0.3) is 0 Å². The van der Waals surface area contributed by atoms with Gasteiger partial charge in [-0.25, -0.2) is 14.7 Å². The summed E-state index contributed by atoms with van der Waals surface area (Å²) < 4.78 is 7.38. The Balaban J connectivity index is 1.86. The van der Waals surface area contributed by atoms with Crippen LogP contribution in [0.2, 0.25) is 0 Å². The van der Waals surface area contributed by atoms with Crippen LogP contribution < -0.4 is 11.1 Å². The van der Waals surface area contributed by atoms with E-state index < -0.39 is 0 Å². The van der Waals surface area contributed by atoms with Crippen LogP contribution in [0.5, 0.6) is 0 Å². The summed E-state index contributed by atoms with van der Waals surface area (Å²) in [6, 6.07) is 0. The van der Waals surface area contributed by atoms with E-state index in [2.05, 4.69) is 41.2 Å². The van der Waals surface area contributed by atoms with Gasteiger partial charge in [-0.1, -0.05) is 0 Å². The van der Waals surface area contributed by atoms with Crippen LogP contribution in [0.1, 0.15) is 39.4 Å². The minimum absolute atomic E-state index is 0.110. The lowest BCUT2D eigenvalue weighted by Gasteiger charge is -2.20. The van der Waals surface area contributed by atoms with Crippen molar-refractivity contribution in [1.29, 1.82) is 0 Å². The molecule has 2 rings (SSSR count). The second-order valence-electron chi connectivity index (χ2n) is 5.98. The van der Waals surface area contributed by atoms with E-state index in [0.29, 0.717) is 19.0 Å². The van der Waals surface area contributed by atoms with Gasteiger partial charge < -0.3 is 15.8 Å². The standard InChI is InChI=1S/C13H24N6O/c1-13(2,3)19-11(17-9-18-19)8-16-12(14)15-7-10-5-4-6-20-10/h9-10H,4-8H2,1-3H3,(H3,14,15,16). The van der Waals surface area contributed by atoms with Gasteiger partial charge in [0.2, 0.25) is 0 Å². The molecule has 2 heterocycles. The van der Waals surface area contributed by atoms with Crippen molar-refractivity contribution < 1.29 is 4.74 Å². The maximum atomic E-state index is 5.85. The van der Waals surface area contributed by atoms with Crippen molar-refractivity contribution in [1.82, 2.24) is 20.1 Å². The molecule has 7 nitrogen and oxygen atoms in total. The molecule has 20 heavy (non-hydrogen) atoms. The number of aromatic nitrogens is 3. The first-order valence-corrected chi connectivity index (χ1v) is 7.01. The predicted molar refractivity (Wildman–Crippen MR) is 77.3 cm³/mol. The first-order chi connectivity index (χ1) is 9.47. The van der Waals surface area contributed by atoms with Gasteiger partial charge in [0.15, 0.2) is 5.96 Å². The molecular weight excluding hydrogens is 256 g/mol. The van der Waals surface area contributed by atoms with Crippen LogP contribution in [0, 0.1) is 0 Å². The summed E-state index contributed by atoms with van der Waals surface area (Å²) in [5.74, 6) is 1.23. The molecule has 0 aromatic carbocycles. The first kappa shape index (κ1) is 14.8. The normalized spacial score (nSPS) is 20.4. The van der Waals surface area contributed by atoms with Crippen LogP contribution in [0.3, 0.4) is 0 Å². The van der Waals surface area contributed by atoms with Crippen molar-refractivity contribution in [2.75, 3.05) is 13.2 Å². The summed E-state index contributed by atoms with van der Waals surface area (Å²) in [5.41, 5.74) is 5.74. The Bertz CT molecular complexity index is 456. The first-order valence-electron chi connectivity index (χ1n) is 7.01. The molecule has 1 aromatic heterocycles. The lowest BCUT2D eigenvalue weighted by Crippen LogP contribution is -2.37. The Labute approximate surface area is 119 Å². The Hall–Kier alpha value is -1.63. The van der Waals surface area contributed by atoms with E-state index in [-0.39, 0.29) is 11.6 Å². The van der Waals surface area contributed by atoms with Crippen molar-refractivity contribution in [2.24, 2.45) is 10.7 Å². The molecule has 0 aliphatic carbocycles. The molecule has 1 fully saturated rings. The van der Waals surface area contributed by atoms with E-state index in [1.165, 1.54) is 0 Å². The SMILES string of the molecule is CC(C)(C)n1ncnc1CN=C(N)NCC1CCCO1. The molecule has 0 spiro atoms. The summed E-state index contributed by atoms with van der Waals surface area (Å²) >= 11 is 0. The molecule has 0 saturated carbocycles. The lowest BCUT2D eigenvalue weighted by atomic mass is 10.1. The zero-order valence-electron chi connectivity index (χ0n) is 12.5. The highest BCUT2D eigenvalue weighted by Crippen LogP contribution is 2.14. The van der Waals surface area contributed by atoms with Gasteiger partial charge in [-0.2, -0.15) is 5.10 Å². The topological polar surface area (TPSA) is 90.4 Å². The zero-order valence-corrected chi connectivity index (χ0v) is 12.5. The van der Waals surface area contributed by atoms with Gasteiger partial charge in [-0.05, 0) is 33.6 Å². The Morgan fingerprint density at radius 3 is 3.05 bits per heavy atom. The minimum atomic E-state index is -0.110. The number of nitrogens with zero attached hydrogens (tertiary/aromatic N) is 4. The molecule has 7 heteroatoms. The fourth-order valence-corrected chi connectivity index (χ4v) is 2.17. The van der Waals surface area contributed by atoms with Crippen LogP contribution in [0.25, 0.3) is 0 Å². The average molecular weight is 280 g/mol. The highest BCUT2D eigenvalue weighted by molar-refractivity contribution is 5.77. The molecule has 1 aliphatic rings. The fourth-order valence-electron chi connectivity index (χ4n) is 2.17. The monoisotopic (exact) mass is 280 g/mol. The Morgan fingerprint density at radius 1 is 1.60 bits per heavy atom. The van der Waals surface area contributed by atoms with Crippen LogP contribution in [0.4, 0.5) is 0 Å². The molecule has 1 atom stereocenters. The predicted octanol–water partition coefficient (Wildman–Crippen LogP) is 0.616. The Morgan fingerprint density at radius 2 is 2.40 bits per heavy atom. The number of nitrogens with two attached hydrogens (primary N) is 1. The second-order valence-corrected chi connectivity index (χ2v) is 5.98. The smallest absolute Gasteiger partial charge is 0.189 e. The second kappa shape index (κ2) is 6.21. The average Bonchev–Trinajstić information content (AvgIpc) is 3.03. The molecule has 0 radical (unpaired) electrons. The maximum absolute atomic E-state index is 5.85. The molecule has 1 saturated heterocycles. The van der Waals surface area contributed by atoms with Crippen molar-refractivity contribution in [2.45, 2.75) is 51.8 Å². The molecule has 1 aromatic rings. The number of guanidine groups is 1. The van der Waals surface area contributed by atoms with E-state index in [9.17, 15) is 0 Å². The number of rotatable bonds is 4. The zero-order chi connectivity index (χ0) is 14.6. The van der Waals surface area contributed by atoms with Crippen LogP contribution in [-0.2, 0) is 16.8 Å². The largest absolute Gasteiger partial charge is 0.376 e. The highest BCUT2D eigenvalue weighted by Gasteiger charge is 2.18. The number of ether oxygens (including phenoxy) is 1. The third-order valence-corrected chi connectivity index (χ3v) is 3.18. The maximum Gasteiger partial charge on any atom is 0.189 e. The number of hydrogen-bond donors (Lipinski definition) is 2. The van der Waals surface area contributed by atoms with Gasteiger partial charge in [0, 0.05) is 13.2 Å². The van der Waals surface area contributed by atoms with E-state index in [1.54, 1.807) is 6.33 Å². The quantitative estimate of drug-likeness (QED) is 0.623. The molecule has 1 unspecified atom stereocenters.